The van der Waals surface area contributed by atoms with E-state index in [1.807, 2.05) is 12.1 Å². The number of ether oxygens (including phenoxy) is 2. The van der Waals surface area contributed by atoms with Gasteiger partial charge in [0.25, 0.3) is 11.6 Å². The number of fused-ring (bicyclic) bond motifs is 1. The predicted molar refractivity (Wildman–Crippen MR) is 95.8 cm³/mol. The standard InChI is InChI=1S/C19H20N2O5/c1-12-5-4-6-15(18(12)21(23)24)19(22)20-8-7-13-9-16(25-2)17(26-3)10-14(13)11-20/h4-6,9-10H,7-8,11H2,1-3H3. The first-order chi connectivity index (χ1) is 12.5. The molecule has 0 aliphatic carbocycles. The van der Waals surface area contributed by atoms with E-state index < -0.39 is 4.92 Å². The lowest BCUT2D eigenvalue weighted by Gasteiger charge is -2.29. The van der Waals surface area contributed by atoms with Crippen LogP contribution in [0.2, 0.25) is 0 Å². The highest BCUT2D eigenvalue weighted by Crippen LogP contribution is 2.34. The zero-order valence-electron chi connectivity index (χ0n) is 14.9. The maximum atomic E-state index is 12.9. The zero-order valence-corrected chi connectivity index (χ0v) is 14.9. The van der Waals surface area contributed by atoms with E-state index in [9.17, 15) is 14.9 Å². The van der Waals surface area contributed by atoms with Crippen molar-refractivity contribution in [2.24, 2.45) is 0 Å². The third-order valence-corrected chi connectivity index (χ3v) is 4.66. The molecule has 0 spiro atoms. The summed E-state index contributed by atoms with van der Waals surface area (Å²) in [7, 11) is 3.14. The number of nitro benzene ring substituents is 1. The summed E-state index contributed by atoms with van der Waals surface area (Å²) in [6.45, 7) is 2.50. The van der Waals surface area contributed by atoms with Crippen molar-refractivity contribution in [2.45, 2.75) is 19.9 Å². The van der Waals surface area contributed by atoms with Gasteiger partial charge < -0.3 is 14.4 Å². The third kappa shape index (κ3) is 3.08. The Kier molecular flexibility index (Phi) is 4.79. The fourth-order valence-electron chi connectivity index (χ4n) is 3.30. The van der Waals surface area contributed by atoms with E-state index in [1.165, 1.54) is 6.07 Å². The summed E-state index contributed by atoms with van der Waals surface area (Å²) in [6, 6.07) is 8.60. The lowest BCUT2D eigenvalue weighted by atomic mass is 9.97. The van der Waals surface area contributed by atoms with Crippen LogP contribution in [0.1, 0.15) is 27.0 Å². The van der Waals surface area contributed by atoms with E-state index in [4.69, 9.17) is 9.47 Å². The van der Waals surface area contributed by atoms with Crippen molar-refractivity contribution in [1.82, 2.24) is 4.90 Å². The maximum absolute atomic E-state index is 12.9. The summed E-state index contributed by atoms with van der Waals surface area (Å²) in [6.07, 6.45) is 0.654. The van der Waals surface area contributed by atoms with E-state index in [-0.39, 0.29) is 17.2 Å². The molecule has 7 nitrogen and oxygen atoms in total. The molecule has 3 rings (SSSR count). The van der Waals surface area contributed by atoms with Crippen molar-refractivity contribution in [3.63, 3.8) is 0 Å². The second kappa shape index (κ2) is 7.03. The van der Waals surface area contributed by atoms with E-state index in [0.717, 1.165) is 11.1 Å². The molecule has 2 aromatic rings. The molecule has 1 aliphatic heterocycles. The normalized spacial score (nSPS) is 13.1. The number of hydrogen-bond donors (Lipinski definition) is 0. The number of aryl methyl sites for hydroxylation is 1. The first-order valence-corrected chi connectivity index (χ1v) is 8.23. The summed E-state index contributed by atoms with van der Waals surface area (Å²) in [5.41, 5.74) is 2.52. The smallest absolute Gasteiger partial charge is 0.285 e. The van der Waals surface area contributed by atoms with Crippen LogP contribution in [0, 0.1) is 17.0 Å². The first-order valence-electron chi connectivity index (χ1n) is 8.23. The molecule has 0 aromatic heterocycles. The Morgan fingerprint density at radius 2 is 1.81 bits per heavy atom. The molecule has 1 heterocycles. The number of amides is 1. The maximum Gasteiger partial charge on any atom is 0.285 e. The van der Waals surface area contributed by atoms with E-state index >= 15 is 0 Å². The Morgan fingerprint density at radius 3 is 2.42 bits per heavy atom. The van der Waals surface area contributed by atoms with Gasteiger partial charge in [0.1, 0.15) is 5.56 Å². The molecule has 136 valence electrons. The fourth-order valence-corrected chi connectivity index (χ4v) is 3.30. The first kappa shape index (κ1) is 17.7. The molecule has 0 radical (unpaired) electrons. The minimum Gasteiger partial charge on any atom is -0.493 e. The average Bonchev–Trinajstić information content (AvgIpc) is 2.65. The van der Waals surface area contributed by atoms with Gasteiger partial charge in [-0.2, -0.15) is 0 Å². The van der Waals surface area contributed by atoms with E-state index in [2.05, 4.69) is 0 Å². The van der Waals surface area contributed by atoms with E-state index in [0.29, 0.717) is 36.6 Å². The number of carbonyl (C=O) groups excluding carboxylic acids is 1. The lowest BCUT2D eigenvalue weighted by molar-refractivity contribution is -0.385. The van der Waals surface area contributed by atoms with Crippen LogP contribution in [0.25, 0.3) is 0 Å². The van der Waals surface area contributed by atoms with Crippen LogP contribution >= 0.6 is 0 Å². The fraction of sp³-hybridized carbons (Fsp3) is 0.316. The highest BCUT2D eigenvalue weighted by molar-refractivity contribution is 5.98. The molecular weight excluding hydrogens is 336 g/mol. The molecule has 0 saturated heterocycles. The molecule has 0 unspecified atom stereocenters. The minimum absolute atomic E-state index is 0.124. The van der Waals surface area contributed by atoms with Crippen LogP contribution in [-0.4, -0.2) is 36.5 Å². The Labute approximate surface area is 151 Å². The topological polar surface area (TPSA) is 81.9 Å². The molecular formula is C19H20N2O5. The van der Waals surface area contributed by atoms with Crippen molar-refractivity contribution >= 4 is 11.6 Å². The van der Waals surface area contributed by atoms with Gasteiger partial charge in [0.05, 0.1) is 19.1 Å². The summed E-state index contributed by atoms with van der Waals surface area (Å²) in [4.78, 5) is 25.5. The number of hydrogen-bond acceptors (Lipinski definition) is 5. The van der Waals surface area contributed by atoms with Crippen molar-refractivity contribution in [1.29, 1.82) is 0 Å². The number of benzene rings is 2. The van der Waals surface area contributed by atoms with Crippen LogP contribution in [0.5, 0.6) is 11.5 Å². The second-order valence-corrected chi connectivity index (χ2v) is 6.18. The monoisotopic (exact) mass is 356 g/mol. The molecule has 1 amide bonds. The van der Waals surface area contributed by atoms with Crippen LogP contribution in [-0.2, 0) is 13.0 Å². The molecule has 0 N–H and O–H groups in total. The molecule has 0 fully saturated rings. The van der Waals surface area contributed by atoms with Crippen LogP contribution in [0.4, 0.5) is 5.69 Å². The van der Waals surface area contributed by atoms with Crippen molar-refractivity contribution in [2.75, 3.05) is 20.8 Å². The lowest BCUT2D eigenvalue weighted by Crippen LogP contribution is -2.36. The third-order valence-electron chi connectivity index (χ3n) is 4.66. The van der Waals surface area contributed by atoms with Crippen molar-refractivity contribution in [3.8, 4) is 11.5 Å². The number of rotatable bonds is 4. The highest BCUT2D eigenvalue weighted by atomic mass is 16.6. The van der Waals surface area contributed by atoms with Gasteiger partial charge in [-0.05, 0) is 42.7 Å². The number of carbonyl (C=O) groups is 1. The molecule has 7 heteroatoms. The van der Waals surface area contributed by atoms with Gasteiger partial charge in [0.2, 0.25) is 0 Å². The predicted octanol–water partition coefficient (Wildman–Crippen LogP) is 3.12. The SMILES string of the molecule is COc1cc2c(cc1OC)CN(C(=O)c1cccc(C)c1[N+](=O)[O-])CC2. The number of nitro groups is 1. The Morgan fingerprint density at radius 1 is 1.15 bits per heavy atom. The Bertz CT molecular complexity index is 878. The Balaban J connectivity index is 1.93. The van der Waals surface area contributed by atoms with Crippen molar-refractivity contribution in [3.05, 3.63) is 62.7 Å². The summed E-state index contributed by atoms with van der Waals surface area (Å²) >= 11 is 0. The zero-order chi connectivity index (χ0) is 18.8. The van der Waals surface area contributed by atoms with Gasteiger partial charge in [-0.25, -0.2) is 0 Å². The number of nitrogens with zero attached hydrogens (tertiary/aromatic N) is 2. The van der Waals surface area contributed by atoms with Crippen LogP contribution in [0.15, 0.2) is 30.3 Å². The average molecular weight is 356 g/mol. The molecule has 0 atom stereocenters. The van der Waals surface area contributed by atoms with Gasteiger partial charge in [-0.15, -0.1) is 0 Å². The van der Waals surface area contributed by atoms with Crippen LogP contribution < -0.4 is 9.47 Å². The van der Waals surface area contributed by atoms with Gasteiger partial charge in [-0.1, -0.05) is 12.1 Å². The molecule has 1 aliphatic rings. The Hall–Kier alpha value is -3.09. The van der Waals surface area contributed by atoms with Gasteiger partial charge in [0.15, 0.2) is 11.5 Å². The molecule has 0 bridgehead atoms. The molecule has 26 heavy (non-hydrogen) atoms. The quantitative estimate of drug-likeness (QED) is 0.621. The molecule has 0 saturated carbocycles. The van der Waals surface area contributed by atoms with Crippen molar-refractivity contribution < 1.29 is 19.2 Å². The second-order valence-electron chi connectivity index (χ2n) is 6.18. The summed E-state index contributed by atoms with van der Waals surface area (Å²) < 4.78 is 10.7. The largest absolute Gasteiger partial charge is 0.493 e. The summed E-state index contributed by atoms with van der Waals surface area (Å²) in [5.74, 6) is 0.920. The van der Waals surface area contributed by atoms with E-state index in [1.54, 1.807) is 38.2 Å². The summed E-state index contributed by atoms with van der Waals surface area (Å²) in [5, 5.41) is 11.4. The molecule has 2 aromatic carbocycles. The highest BCUT2D eigenvalue weighted by Gasteiger charge is 2.29. The number of methoxy groups -OCH3 is 2. The van der Waals surface area contributed by atoms with Crippen LogP contribution in [0.3, 0.4) is 0 Å². The van der Waals surface area contributed by atoms with Gasteiger partial charge >= 0.3 is 0 Å². The van der Waals surface area contributed by atoms with Gasteiger partial charge in [-0.3, -0.25) is 14.9 Å². The minimum atomic E-state index is -0.492. The van der Waals surface area contributed by atoms with Gasteiger partial charge in [0, 0.05) is 18.7 Å². The number of para-hydroxylation sites is 1.